The molecular weight excluding hydrogens is 278 g/mol. The van der Waals surface area contributed by atoms with Gasteiger partial charge in [0.15, 0.2) is 0 Å². The van der Waals surface area contributed by atoms with Crippen LogP contribution < -0.4 is 5.32 Å². The summed E-state index contributed by atoms with van der Waals surface area (Å²) in [6, 6.07) is 6.72. The van der Waals surface area contributed by atoms with E-state index in [0.29, 0.717) is 11.5 Å². The standard InChI is InChI=1S/C19H30ClN/c1-17(2,3)12-19(6,7)21-16-15-10-14(20)9-8-13(15)11-18(16,4)5/h8-10,16,21H,11-12H2,1-7H3. The lowest BCUT2D eigenvalue weighted by Gasteiger charge is -2.40. The Balaban J connectivity index is 2.29. The van der Waals surface area contributed by atoms with E-state index < -0.39 is 0 Å². The first-order valence-corrected chi connectivity index (χ1v) is 8.34. The van der Waals surface area contributed by atoms with Crippen LogP contribution in [0.25, 0.3) is 0 Å². The maximum atomic E-state index is 6.23. The molecule has 0 heterocycles. The average molecular weight is 308 g/mol. The van der Waals surface area contributed by atoms with Crippen molar-refractivity contribution in [3.8, 4) is 0 Å². The van der Waals surface area contributed by atoms with Gasteiger partial charge >= 0.3 is 0 Å². The molecule has 2 rings (SSSR count). The maximum absolute atomic E-state index is 6.23. The first-order chi connectivity index (χ1) is 9.40. The van der Waals surface area contributed by atoms with E-state index in [2.05, 4.69) is 65.9 Å². The van der Waals surface area contributed by atoms with Crippen molar-refractivity contribution < 1.29 is 0 Å². The van der Waals surface area contributed by atoms with Crippen LogP contribution in [0.1, 0.15) is 72.1 Å². The molecule has 1 nitrogen and oxygen atoms in total. The summed E-state index contributed by atoms with van der Waals surface area (Å²) >= 11 is 6.23. The smallest absolute Gasteiger partial charge is 0.0409 e. The first-order valence-electron chi connectivity index (χ1n) is 7.96. The third kappa shape index (κ3) is 4.02. The van der Waals surface area contributed by atoms with Gasteiger partial charge in [-0.15, -0.1) is 0 Å². The minimum Gasteiger partial charge on any atom is -0.304 e. The summed E-state index contributed by atoms with van der Waals surface area (Å²) in [5.41, 5.74) is 3.46. The molecule has 0 saturated carbocycles. The summed E-state index contributed by atoms with van der Waals surface area (Å²) in [4.78, 5) is 0. The predicted octanol–water partition coefficient (Wildman–Crippen LogP) is 5.77. The molecule has 0 fully saturated rings. The molecule has 1 N–H and O–H groups in total. The molecule has 1 aliphatic rings. The van der Waals surface area contributed by atoms with Crippen molar-refractivity contribution in [2.24, 2.45) is 10.8 Å². The molecular formula is C19H30ClN. The number of benzene rings is 1. The Morgan fingerprint density at radius 3 is 2.38 bits per heavy atom. The first kappa shape index (κ1) is 16.8. The zero-order valence-corrected chi connectivity index (χ0v) is 15.4. The monoisotopic (exact) mass is 307 g/mol. The van der Waals surface area contributed by atoms with Crippen LogP contribution in [0.15, 0.2) is 18.2 Å². The van der Waals surface area contributed by atoms with Gasteiger partial charge in [0.25, 0.3) is 0 Å². The molecule has 1 aromatic carbocycles. The SMILES string of the molecule is CC(C)(C)CC(C)(C)NC1c2cc(Cl)ccc2CC1(C)C. The predicted molar refractivity (Wildman–Crippen MR) is 93.0 cm³/mol. The molecule has 1 aliphatic carbocycles. The van der Waals surface area contributed by atoms with Crippen molar-refractivity contribution in [2.75, 3.05) is 0 Å². The van der Waals surface area contributed by atoms with Gasteiger partial charge in [-0.2, -0.15) is 0 Å². The average Bonchev–Trinajstić information content (AvgIpc) is 2.47. The third-order valence-electron chi connectivity index (χ3n) is 4.35. The van der Waals surface area contributed by atoms with E-state index in [1.165, 1.54) is 11.1 Å². The number of hydrogen-bond donors (Lipinski definition) is 1. The fraction of sp³-hybridized carbons (Fsp3) is 0.684. The van der Waals surface area contributed by atoms with Gasteiger partial charge < -0.3 is 5.32 Å². The van der Waals surface area contributed by atoms with Gasteiger partial charge in [-0.1, -0.05) is 52.3 Å². The van der Waals surface area contributed by atoms with Crippen LogP contribution in [-0.2, 0) is 6.42 Å². The van der Waals surface area contributed by atoms with Crippen LogP contribution in [0.2, 0.25) is 5.02 Å². The van der Waals surface area contributed by atoms with E-state index in [9.17, 15) is 0 Å². The largest absolute Gasteiger partial charge is 0.304 e. The second kappa shape index (κ2) is 5.28. The minimum absolute atomic E-state index is 0.101. The molecule has 1 aromatic rings. The van der Waals surface area contributed by atoms with E-state index in [4.69, 9.17) is 11.6 Å². The Morgan fingerprint density at radius 1 is 1.19 bits per heavy atom. The van der Waals surface area contributed by atoms with Crippen molar-refractivity contribution >= 4 is 11.6 Å². The topological polar surface area (TPSA) is 12.0 Å². The fourth-order valence-corrected chi connectivity index (χ4v) is 4.23. The van der Waals surface area contributed by atoms with Crippen LogP contribution >= 0.6 is 11.6 Å². The van der Waals surface area contributed by atoms with Gasteiger partial charge in [-0.05, 0) is 60.8 Å². The number of fused-ring (bicyclic) bond motifs is 1. The zero-order valence-electron chi connectivity index (χ0n) is 14.6. The summed E-state index contributed by atoms with van der Waals surface area (Å²) in [6.07, 6.45) is 2.26. The van der Waals surface area contributed by atoms with E-state index in [1.54, 1.807) is 0 Å². The number of rotatable bonds is 3. The molecule has 2 heteroatoms. The second-order valence-corrected chi connectivity index (χ2v) is 9.64. The quantitative estimate of drug-likeness (QED) is 0.747. The Bertz CT molecular complexity index is 523. The number of hydrogen-bond acceptors (Lipinski definition) is 1. The molecule has 0 amide bonds. The van der Waals surface area contributed by atoms with Crippen molar-refractivity contribution in [1.82, 2.24) is 5.32 Å². The van der Waals surface area contributed by atoms with Crippen molar-refractivity contribution in [3.63, 3.8) is 0 Å². The van der Waals surface area contributed by atoms with E-state index in [0.717, 1.165) is 17.9 Å². The van der Waals surface area contributed by atoms with Crippen LogP contribution in [0.5, 0.6) is 0 Å². The summed E-state index contributed by atoms with van der Waals surface area (Å²) < 4.78 is 0. The Hall–Kier alpha value is -0.530. The Kier molecular flexibility index (Phi) is 4.23. The Morgan fingerprint density at radius 2 is 1.81 bits per heavy atom. The summed E-state index contributed by atoms with van der Waals surface area (Å²) in [5, 5.41) is 4.77. The molecule has 0 spiro atoms. The summed E-state index contributed by atoms with van der Waals surface area (Å²) in [5.74, 6) is 0. The summed E-state index contributed by atoms with van der Waals surface area (Å²) in [7, 11) is 0. The highest BCUT2D eigenvalue weighted by Gasteiger charge is 2.41. The molecule has 0 aliphatic heterocycles. The van der Waals surface area contributed by atoms with E-state index in [1.807, 2.05) is 6.07 Å². The molecule has 118 valence electrons. The van der Waals surface area contributed by atoms with Gasteiger partial charge in [-0.3, -0.25) is 0 Å². The zero-order chi connectivity index (χ0) is 16.1. The lowest BCUT2D eigenvalue weighted by Crippen LogP contribution is -2.47. The molecule has 1 unspecified atom stereocenters. The molecule has 0 aromatic heterocycles. The molecule has 0 saturated heterocycles. The van der Waals surface area contributed by atoms with Crippen LogP contribution in [0.3, 0.4) is 0 Å². The molecule has 0 bridgehead atoms. The van der Waals surface area contributed by atoms with Gasteiger partial charge in [0, 0.05) is 16.6 Å². The molecule has 0 radical (unpaired) electrons. The van der Waals surface area contributed by atoms with Crippen molar-refractivity contribution in [1.29, 1.82) is 0 Å². The van der Waals surface area contributed by atoms with Crippen LogP contribution in [0.4, 0.5) is 0 Å². The van der Waals surface area contributed by atoms with Gasteiger partial charge in [0.05, 0.1) is 0 Å². The van der Waals surface area contributed by atoms with E-state index >= 15 is 0 Å². The van der Waals surface area contributed by atoms with Crippen molar-refractivity contribution in [2.45, 2.75) is 72.9 Å². The lowest BCUT2D eigenvalue weighted by atomic mass is 9.78. The Labute approximate surface area is 135 Å². The molecule has 21 heavy (non-hydrogen) atoms. The van der Waals surface area contributed by atoms with Gasteiger partial charge in [0.2, 0.25) is 0 Å². The van der Waals surface area contributed by atoms with Crippen LogP contribution in [-0.4, -0.2) is 5.54 Å². The summed E-state index contributed by atoms with van der Waals surface area (Å²) in [6.45, 7) is 16.3. The fourth-order valence-electron chi connectivity index (χ4n) is 4.05. The van der Waals surface area contributed by atoms with Crippen LogP contribution in [0, 0.1) is 10.8 Å². The number of nitrogens with one attached hydrogen (secondary N) is 1. The highest BCUT2D eigenvalue weighted by Crippen LogP contribution is 2.47. The van der Waals surface area contributed by atoms with Crippen molar-refractivity contribution in [3.05, 3.63) is 34.3 Å². The van der Waals surface area contributed by atoms with Gasteiger partial charge in [-0.25, -0.2) is 0 Å². The second-order valence-electron chi connectivity index (χ2n) is 9.21. The van der Waals surface area contributed by atoms with Gasteiger partial charge in [0.1, 0.15) is 0 Å². The lowest BCUT2D eigenvalue weighted by molar-refractivity contribution is 0.170. The number of halogens is 1. The maximum Gasteiger partial charge on any atom is 0.0409 e. The highest BCUT2D eigenvalue weighted by molar-refractivity contribution is 6.30. The van der Waals surface area contributed by atoms with E-state index in [-0.39, 0.29) is 11.0 Å². The normalized spacial score (nSPS) is 21.4. The third-order valence-corrected chi connectivity index (χ3v) is 4.59. The minimum atomic E-state index is 0.101. The molecule has 1 atom stereocenters. The highest BCUT2D eigenvalue weighted by atomic mass is 35.5.